The van der Waals surface area contributed by atoms with E-state index in [1.54, 1.807) is 60.2 Å². The first-order valence-electron chi connectivity index (χ1n) is 9.96. The van der Waals surface area contributed by atoms with Crippen LogP contribution in [0.1, 0.15) is 23.7 Å². The minimum atomic E-state index is -0.447. The van der Waals surface area contributed by atoms with E-state index in [4.69, 9.17) is 4.74 Å². The molecule has 0 aromatic heterocycles. The number of methoxy groups -OCH3 is 1. The minimum absolute atomic E-state index is 0.0866. The van der Waals surface area contributed by atoms with Gasteiger partial charge >= 0.3 is 6.03 Å². The summed E-state index contributed by atoms with van der Waals surface area (Å²) in [5.74, 6) is 0.689. The van der Waals surface area contributed by atoms with Gasteiger partial charge in [-0.3, -0.25) is 9.59 Å². The molecule has 0 bridgehead atoms. The molecule has 0 N–H and O–H groups in total. The number of hydrogen-bond acceptors (Lipinski definition) is 4. The van der Waals surface area contributed by atoms with Crippen molar-refractivity contribution < 1.29 is 19.1 Å². The van der Waals surface area contributed by atoms with Crippen molar-refractivity contribution in [3.8, 4) is 5.75 Å². The van der Waals surface area contributed by atoms with Crippen molar-refractivity contribution in [2.24, 2.45) is 5.41 Å². The summed E-state index contributed by atoms with van der Waals surface area (Å²) in [4.78, 5) is 45.3. The van der Waals surface area contributed by atoms with Gasteiger partial charge in [0.1, 0.15) is 5.75 Å². The van der Waals surface area contributed by atoms with Crippen LogP contribution in [0.2, 0.25) is 0 Å². The molecular formula is C21H30N4O4. The van der Waals surface area contributed by atoms with Crippen LogP contribution in [0.4, 0.5) is 4.79 Å². The number of benzene rings is 1. The fourth-order valence-corrected chi connectivity index (χ4v) is 4.28. The molecule has 1 atom stereocenters. The Balaban J connectivity index is 1.88. The van der Waals surface area contributed by atoms with E-state index < -0.39 is 5.41 Å². The van der Waals surface area contributed by atoms with Gasteiger partial charge in [0.15, 0.2) is 0 Å². The first-order chi connectivity index (χ1) is 13.8. The quantitative estimate of drug-likeness (QED) is 0.766. The molecule has 0 saturated carbocycles. The summed E-state index contributed by atoms with van der Waals surface area (Å²) in [5, 5.41) is 0. The van der Waals surface area contributed by atoms with Crippen LogP contribution in [-0.2, 0) is 4.79 Å². The van der Waals surface area contributed by atoms with Crippen molar-refractivity contribution in [3.05, 3.63) is 29.8 Å². The van der Waals surface area contributed by atoms with Gasteiger partial charge in [-0.2, -0.15) is 0 Å². The average Bonchev–Trinajstić information content (AvgIpc) is 2.91. The second kappa shape index (κ2) is 8.31. The maximum absolute atomic E-state index is 13.2. The van der Waals surface area contributed by atoms with Gasteiger partial charge in [-0.25, -0.2) is 4.79 Å². The number of rotatable bonds is 3. The van der Waals surface area contributed by atoms with Crippen LogP contribution in [0.15, 0.2) is 24.3 Å². The average molecular weight is 402 g/mol. The number of ether oxygens (including phenoxy) is 1. The van der Waals surface area contributed by atoms with Gasteiger partial charge in [0.2, 0.25) is 5.91 Å². The summed E-state index contributed by atoms with van der Waals surface area (Å²) in [5.41, 5.74) is 0.127. The predicted octanol–water partition coefficient (Wildman–Crippen LogP) is 1.37. The Kier molecular flexibility index (Phi) is 6.00. The summed E-state index contributed by atoms with van der Waals surface area (Å²) in [6.07, 6.45) is 0.352. The molecule has 29 heavy (non-hydrogen) atoms. The molecular weight excluding hydrogens is 372 g/mol. The highest BCUT2D eigenvalue weighted by Crippen LogP contribution is 2.35. The monoisotopic (exact) mass is 402 g/mol. The second-order valence-corrected chi connectivity index (χ2v) is 8.14. The first-order valence-corrected chi connectivity index (χ1v) is 9.96. The van der Waals surface area contributed by atoms with E-state index in [2.05, 4.69) is 0 Å². The Bertz CT molecular complexity index is 779. The van der Waals surface area contributed by atoms with E-state index >= 15 is 0 Å². The molecule has 2 heterocycles. The van der Waals surface area contributed by atoms with Gasteiger partial charge in [0.25, 0.3) is 5.91 Å². The van der Waals surface area contributed by atoms with E-state index in [1.807, 2.05) is 11.8 Å². The molecule has 0 aliphatic carbocycles. The summed E-state index contributed by atoms with van der Waals surface area (Å²) in [7, 11) is 5.03. The molecule has 0 radical (unpaired) electrons. The van der Waals surface area contributed by atoms with E-state index in [0.29, 0.717) is 57.0 Å². The van der Waals surface area contributed by atoms with E-state index in [0.717, 1.165) is 0 Å². The second-order valence-electron chi connectivity index (χ2n) is 8.14. The van der Waals surface area contributed by atoms with Crippen LogP contribution in [0, 0.1) is 5.41 Å². The highest BCUT2D eigenvalue weighted by atomic mass is 16.5. The zero-order valence-electron chi connectivity index (χ0n) is 17.7. The predicted molar refractivity (Wildman–Crippen MR) is 109 cm³/mol. The van der Waals surface area contributed by atoms with Crippen LogP contribution in [0.5, 0.6) is 5.75 Å². The largest absolute Gasteiger partial charge is 0.497 e. The topological polar surface area (TPSA) is 73.4 Å². The van der Waals surface area contributed by atoms with Crippen LogP contribution in [0.3, 0.4) is 0 Å². The maximum Gasteiger partial charge on any atom is 0.319 e. The smallest absolute Gasteiger partial charge is 0.319 e. The lowest BCUT2D eigenvalue weighted by molar-refractivity contribution is -0.127. The molecule has 1 aromatic carbocycles. The molecule has 158 valence electrons. The number of amides is 4. The number of likely N-dealkylation sites (tertiary alicyclic amines) is 1. The molecule has 2 saturated heterocycles. The third-order valence-corrected chi connectivity index (χ3v) is 5.76. The highest BCUT2D eigenvalue weighted by Gasteiger charge is 2.47. The fraction of sp³-hybridized carbons (Fsp3) is 0.571. The van der Waals surface area contributed by atoms with Crippen LogP contribution >= 0.6 is 0 Å². The van der Waals surface area contributed by atoms with Crippen molar-refractivity contribution in [3.63, 3.8) is 0 Å². The van der Waals surface area contributed by atoms with Crippen LogP contribution in [-0.4, -0.2) is 97.9 Å². The molecule has 2 aliphatic rings. The molecule has 8 nitrogen and oxygen atoms in total. The molecule has 2 fully saturated rings. The van der Waals surface area contributed by atoms with Gasteiger partial charge in [0.05, 0.1) is 7.11 Å². The Morgan fingerprint density at radius 2 is 1.69 bits per heavy atom. The van der Waals surface area contributed by atoms with Crippen LogP contribution in [0.25, 0.3) is 0 Å². The highest BCUT2D eigenvalue weighted by molar-refractivity contribution is 5.94. The lowest BCUT2D eigenvalue weighted by Crippen LogP contribution is -2.47. The molecule has 1 aromatic rings. The Labute approximate surface area is 172 Å². The normalized spacial score (nSPS) is 22.1. The van der Waals surface area contributed by atoms with E-state index in [1.165, 1.54) is 0 Å². The van der Waals surface area contributed by atoms with Gasteiger partial charge in [0, 0.05) is 70.8 Å². The molecule has 0 unspecified atom stereocenters. The van der Waals surface area contributed by atoms with E-state index in [-0.39, 0.29) is 17.8 Å². The zero-order chi connectivity index (χ0) is 21.2. The third kappa shape index (κ3) is 4.31. The van der Waals surface area contributed by atoms with Gasteiger partial charge in [-0.05, 0) is 31.2 Å². The van der Waals surface area contributed by atoms with Crippen molar-refractivity contribution >= 4 is 17.8 Å². The standard InChI is InChI=1S/C21H30N4O4/c1-5-23-13-21(12-18(23)26)14-24(10-11-25(15-21)20(28)22(2)3)19(27)16-6-8-17(29-4)9-7-16/h6-9H,5,10-15H2,1-4H3/t21-/m0/s1. The summed E-state index contributed by atoms with van der Waals surface area (Å²) < 4.78 is 5.17. The molecule has 1 spiro atoms. The molecule has 8 heteroatoms. The van der Waals surface area contributed by atoms with Crippen molar-refractivity contribution in [1.29, 1.82) is 0 Å². The van der Waals surface area contributed by atoms with Crippen molar-refractivity contribution in [1.82, 2.24) is 19.6 Å². The first kappa shape index (κ1) is 21.0. The summed E-state index contributed by atoms with van der Waals surface area (Å²) in [6, 6.07) is 6.94. The molecule has 2 aliphatic heterocycles. The third-order valence-electron chi connectivity index (χ3n) is 5.76. The molecule has 4 amide bonds. The SMILES string of the molecule is CCN1C[C@@]2(CC1=O)CN(C(=O)c1ccc(OC)cc1)CCN(C(=O)N(C)C)C2. The van der Waals surface area contributed by atoms with Gasteiger partial charge in [-0.15, -0.1) is 0 Å². The molecule has 3 rings (SSSR count). The van der Waals surface area contributed by atoms with Crippen molar-refractivity contribution in [2.75, 3.05) is 60.5 Å². The Hall–Kier alpha value is -2.77. The lowest BCUT2D eigenvalue weighted by Gasteiger charge is -2.34. The maximum atomic E-state index is 13.2. The number of nitrogens with zero attached hydrogens (tertiary/aromatic N) is 4. The minimum Gasteiger partial charge on any atom is -0.497 e. The summed E-state index contributed by atoms with van der Waals surface area (Å²) >= 11 is 0. The lowest BCUT2D eigenvalue weighted by atomic mass is 9.85. The number of carbonyl (C=O) groups is 3. The fourth-order valence-electron chi connectivity index (χ4n) is 4.28. The van der Waals surface area contributed by atoms with Crippen LogP contribution < -0.4 is 4.74 Å². The van der Waals surface area contributed by atoms with Gasteiger partial charge < -0.3 is 24.3 Å². The van der Waals surface area contributed by atoms with Gasteiger partial charge in [-0.1, -0.05) is 0 Å². The van der Waals surface area contributed by atoms with E-state index in [9.17, 15) is 14.4 Å². The number of hydrogen-bond donors (Lipinski definition) is 0. The van der Waals surface area contributed by atoms with Crippen molar-refractivity contribution in [2.45, 2.75) is 13.3 Å². The zero-order valence-corrected chi connectivity index (χ0v) is 17.7. The summed E-state index contributed by atoms with van der Waals surface area (Å²) in [6.45, 7) is 4.96. The number of carbonyl (C=O) groups excluding carboxylic acids is 3. The Morgan fingerprint density at radius 3 is 2.24 bits per heavy atom. The number of urea groups is 1. The Morgan fingerprint density at radius 1 is 1.07 bits per heavy atom.